The van der Waals surface area contributed by atoms with E-state index in [9.17, 15) is 19.2 Å². The lowest BCUT2D eigenvalue weighted by Gasteiger charge is -2.27. The number of aromatic nitrogens is 7. The second-order valence-electron chi connectivity index (χ2n) is 14.0. The summed E-state index contributed by atoms with van der Waals surface area (Å²) in [5.74, 6) is -1.33. The monoisotopic (exact) mass is 838 g/mol. The summed E-state index contributed by atoms with van der Waals surface area (Å²) in [7, 11) is 0. The first-order chi connectivity index (χ1) is 28.4. The van der Waals surface area contributed by atoms with Gasteiger partial charge in [0.2, 0.25) is 23.7 Å². The summed E-state index contributed by atoms with van der Waals surface area (Å²) in [6, 6.07) is 8.49. The van der Waals surface area contributed by atoms with Crippen LogP contribution in [0.15, 0.2) is 47.4 Å². The number of carbonyl (C=O) groups excluding carboxylic acids is 4. The zero-order valence-electron chi connectivity index (χ0n) is 33.5. The lowest BCUT2D eigenvalue weighted by Crippen LogP contribution is -2.35. The number of thiazole rings is 1. The Morgan fingerprint density at radius 3 is 2.07 bits per heavy atom. The summed E-state index contributed by atoms with van der Waals surface area (Å²) in [5, 5.41) is 11.2. The Morgan fingerprint density at radius 1 is 0.847 bits per heavy atom. The largest absolute Gasteiger partial charge is 0.379 e. The van der Waals surface area contributed by atoms with Crippen LogP contribution in [0.3, 0.4) is 0 Å². The Morgan fingerprint density at radius 2 is 1.46 bits per heavy atom. The third kappa shape index (κ3) is 8.63. The van der Waals surface area contributed by atoms with Crippen LogP contribution in [0.2, 0.25) is 0 Å². The Hall–Kier alpha value is -5.89. The molecule has 4 amide bonds. The number of morpholine rings is 1. The molecule has 1 saturated heterocycles. The van der Waals surface area contributed by atoms with Gasteiger partial charge in [-0.3, -0.25) is 39.4 Å². The van der Waals surface area contributed by atoms with Crippen LogP contribution in [-0.2, 0) is 37.3 Å². The molecule has 0 radical (unpaired) electrons. The fourth-order valence-corrected chi connectivity index (χ4v) is 8.79. The molecule has 1 aliphatic heterocycles. The molecule has 6 N–H and O–H groups in total. The molecule has 19 heteroatoms. The Labute approximate surface area is 348 Å². The van der Waals surface area contributed by atoms with Crippen molar-refractivity contribution >= 4 is 80.7 Å². The van der Waals surface area contributed by atoms with E-state index in [0.717, 1.165) is 21.0 Å². The molecule has 4 aromatic heterocycles. The van der Waals surface area contributed by atoms with Crippen molar-refractivity contribution < 1.29 is 23.9 Å². The standard InChI is InChI=1S/C40H46N12O5S2/c1-6-27-34(59-23(4)43-27)38(56)47-40-44-28-18-24(35(41)53)17-26(21-49-12-14-57-15-13-49)32(28)50(40)10-8-9-11-51-33-29(19-25(36(42)54)20-31(33)58-5)45-39(51)46-37(55)30-16-22(3)48-52(30)7-2/h8-9,16-20H,6-7,10-15,21H2,1-5H3,(H2,41,53)(H2,42,54)(H,44,47,56)(H,45,46,55). The van der Waals surface area contributed by atoms with E-state index >= 15 is 0 Å². The van der Waals surface area contributed by atoms with Crippen LogP contribution in [0.1, 0.15) is 76.7 Å². The fourth-order valence-electron chi connectivity index (χ4n) is 7.23. The highest BCUT2D eigenvalue weighted by Crippen LogP contribution is 2.32. The van der Waals surface area contributed by atoms with Crippen molar-refractivity contribution in [2.75, 3.05) is 43.2 Å². The Balaban J connectivity index is 1.29. The van der Waals surface area contributed by atoms with E-state index in [2.05, 4.69) is 25.6 Å². The van der Waals surface area contributed by atoms with Crippen molar-refractivity contribution in [1.82, 2.24) is 38.8 Å². The van der Waals surface area contributed by atoms with Crippen LogP contribution < -0.4 is 22.1 Å². The minimum Gasteiger partial charge on any atom is -0.379 e. The third-order valence-electron chi connectivity index (χ3n) is 9.99. The molecule has 0 unspecified atom stereocenters. The Kier molecular flexibility index (Phi) is 12.3. The number of anilines is 2. The van der Waals surface area contributed by atoms with E-state index in [0.29, 0.717) is 101 Å². The van der Waals surface area contributed by atoms with E-state index in [1.54, 1.807) is 35.0 Å². The zero-order valence-corrected chi connectivity index (χ0v) is 35.1. The number of imidazole rings is 2. The molecule has 1 aliphatic rings. The smallest absolute Gasteiger partial charge is 0.276 e. The number of aryl methyl sites for hydroxylation is 4. The van der Waals surface area contributed by atoms with Gasteiger partial charge in [-0.1, -0.05) is 19.1 Å². The molecule has 7 rings (SSSR count). The van der Waals surface area contributed by atoms with Gasteiger partial charge in [0.1, 0.15) is 10.6 Å². The number of nitrogens with two attached hydrogens (primary N) is 2. The van der Waals surface area contributed by atoms with Crippen molar-refractivity contribution in [3.8, 4) is 0 Å². The average molecular weight is 839 g/mol. The molecule has 59 heavy (non-hydrogen) atoms. The second kappa shape index (κ2) is 17.5. The van der Waals surface area contributed by atoms with Crippen molar-refractivity contribution in [3.05, 3.63) is 86.1 Å². The van der Waals surface area contributed by atoms with Crippen LogP contribution in [0, 0.1) is 13.8 Å². The molecule has 0 atom stereocenters. The lowest BCUT2D eigenvalue weighted by atomic mass is 10.1. The lowest BCUT2D eigenvalue weighted by molar-refractivity contribution is 0.0343. The van der Waals surface area contributed by atoms with Gasteiger partial charge in [-0.2, -0.15) is 5.10 Å². The number of benzene rings is 2. The summed E-state index contributed by atoms with van der Waals surface area (Å²) in [6.45, 7) is 11.7. The third-order valence-corrected chi connectivity index (χ3v) is 11.7. The number of thioether (sulfide) groups is 1. The molecule has 0 spiro atoms. The number of fused-ring (bicyclic) bond motifs is 2. The number of nitrogens with zero attached hydrogens (tertiary/aromatic N) is 8. The molecule has 2 aromatic carbocycles. The molecule has 0 saturated carbocycles. The van der Waals surface area contributed by atoms with Crippen LogP contribution in [0.25, 0.3) is 22.1 Å². The summed E-state index contributed by atoms with van der Waals surface area (Å²) in [5.41, 5.74) is 17.2. The molecule has 308 valence electrons. The summed E-state index contributed by atoms with van der Waals surface area (Å²) in [4.78, 5) is 70.0. The number of amides is 4. The first kappa shape index (κ1) is 41.3. The molecule has 6 aromatic rings. The normalized spacial score (nSPS) is 13.5. The van der Waals surface area contributed by atoms with Crippen LogP contribution in [0.5, 0.6) is 0 Å². The van der Waals surface area contributed by atoms with Gasteiger partial charge in [0.15, 0.2) is 0 Å². The quantitative estimate of drug-likeness (QED) is 0.0816. The van der Waals surface area contributed by atoms with Gasteiger partial charge in [-0.15, -0.1) is 23.1 Å². The van der Waals surface area contributed by atoms with Crippen LogP contribution in [0.4, 0.5) is 11.9 Å². The van der Waals surface area contributed by atoms with E-state index in [4.69, 9.17) is 26.2 Å². The highest BCUT2D eigenvalue weighted by Gasteiger charge is 2.24. The molecular weight excluding hydrogens is 793 g/mol. The van der Waals surface area contributed by atoms with Crippen molar-refractivity contribution in [3.63, 3.8) is 0 Å². The topological polar surface area (TPSA) is 223 Å². The molecular formula is C40H46N12O5S2. The SMILES string of the molecule is CCc1nc(C)sc1C(=O)Nc1nc2cc(C(N)=O)cc(CN3CCOCC3)c2n1CC=CCn1c(NC(=O)c2cc(C)nn2CC)nc2cc(C(N)=O)cc(SC)c21. The van der Waals surface area contributed by atoms with Crippen molar-refractivity contribution in [2.24, 2.45) is 11.5 Å². The maximum atomic E-state index is 13.8. The highest BCUT2D eigenvalue weighted by molar-refractivity contribution is 7.98. The predicted octanol–water partition coefficient (Wildman–Crippen LogP) is 4.75. The van der Waals surface area contributed by atoms with E-state index in [1.807, 2.05) is 55.2 Å². The van der Waals surface area contributed by atoms with Crippen LogP contribution in [-0.4, -0.2) is 95.0 Å². The number of ether oxygens (including phenoxy) is 1. The first-order valence-corrected chi connectivity index (χ1v) is 21.2. The molecule has 0 aliphatic carbocycles. The highest BCUT2D eigenvalue weighted by atomic mass is 32.2. The number of nitrogens with one attached hydrogen (secondary N) is 2. The van der Waals surface area contributed by atoms with Gasteiger partial charge in [-0.25, -0.2) is 15.0 Å². The molecule has 1 fully saturated rings. The van der Waals surface area contributed by atoms with Gasteiger partial charge >= 0.3 is 0 Å². The van der Waals surface area contributed by atoms with E-state index < -0.39 is 11.8 Å². The molecule has 5 heterocycles. The number of primary amides is 2. The van der Waals surface area contributed by atoms with Gasteiger partial charge < -0.3 is 25.3 Å². The number of carbonyl (C=O) groups is 4. The summed E-state index contributed by atoms with van der Waals surface area (Å²) < 4.78 is 11.0. The van der Waals surface area contributed by atoms with Gasteiger partial charge in [0.05, 0.1) is 51.7 Å². The van der Waals surface area contributed by atoms with Gasteiger partial charge in [-0.05, 0) is 69.3 Å². The number of hydrogen-bond acceptors (Lipinski definition) is 12. The van der Waals surface area contributed by atoms with Gasteiger partial charge in [0, 0.05) is 55.3 Å². The molecule has 17 nitrogen and oxygen atoms in total. The second-order valence-corrected chi connectivity index (χ2v) is 16.0. The minimum absolute atomic E-state index is 0.266. The summed E-state index contributed by atoms with van der Waals surface area (Å²) in [6.07, 6.45) is 6.35. The minimum atomic E-state index is -0.590. The fraction of sp³-hybridized carbons (Fsp3) is 0.350. The Bertz CT molecular complexity index is 2630. The number of allylic oxidation sites excluding steroid dienone is 2. The number of hydrogen-bond donors (Lipinski definition) is 4. The van der Waals surface area contributed by atoms with Gasteiger partial charge in [0.25, 0.3) is 11.8 Å². The van der Waals surface area contributed by atoms with Crippen LogP contribution >= 0.6 is 23.1 Å². The van der Waals surface area contributed by atoms with E-state index in [1.165, 1.54) is 23.1 Å². The van der Waals surface area contributed by atoms with E-state index in [-0.39, 0.29) is 30.9 Å². The number of rotatable bonds is 15. The predicted molar refractivity (Wildman–Crippen MR) is 228 cm³/mol. The maximum absolute atomic E-state index is 13.8. The average Bonchev–Trinajstić information content (AvgIpc) is 3.98. The van der Waals surface area contributed by atoms with Crippen molar-refractivity contribution in [1.29, 1.82) is 0 Å². The van der Waals surface area contributed by atoms with Crippen molar-refractivity contribution in [2.45, 2.75) is 65.2 Å². The summed E-state index contributed by atoms with van der Waals surface area (Å²) >= 11 is 2.75. The zero-order chi connectivity index (χ0) is 42.0. The molecule has 0 bridgehead atoms. The maximum Gasteiger partial charge on any atom is 0.276 e. The first-order valence-electron chi connectivity index (χ1n) is 19.2.